The SMILES string of the molecule is O=C1O[C@H](COC(c2ccccc2)(c2ccccc2)c2ccccc2)[C@H]2OCO[C@@H]12. The first-order chi connectivity index (χ1) is 14.8. The minimum Gasteiger partial charge on any atom is -0.455 e. The van der Waals surface area contributed by atoms with E-state index in [1.807, 2.05) is 54.6 Å². The second kappa shape index (κ2) is 8.03. The third kappa shape index (κ3) is 3.21. The van der Waals surface area contributed by atoms with Crippen LogP contribution in [0, 0.1) is 0 Å². The van der Waals surface area contributed by atoms with Crippen LogP contribution in [0.1, 0.15) is 16.7 Å². The van der Waals surface area contributed by atoms with E-state index in [9.17, 15) is 4.79 Å². The Morgan fingerprint density at radius 1 is 0.767 bits per heavy atom. The Morgan fingerprint density at radius 3 is 1.77 bits per heavy atom. The third-order valence-corrected chi connectivity index (χ3v) is 5.68. The summed E-state index contributed by atoms with van der Waals surface area (Å²) in [5, 5.41) is 0. The van der Waals surface area contributed by atoms with E-state index in [0.29, 0.717) is 0 Å². The highest BCUT2D eigenvalue weighted by Crippen LogP contribution is 2.41. The Morgan fingerprint density at radius 2 is 1.27 bits per heavy atom. The number of carbonyl (C=O) groups excluding carboxylic acids is 1. The first-order valence-corrected chi connectivity index (χ1v) is 10.0. The molecular formula is C25H22O5. The second-order valence-electron chi connectivity index (χ2n) is 7.40. The molecule has 2 saturated heterocycles. The largest absolute Gasteiger partial charge is 0.455 e. The lowest BCUT2D eigenvalue weighted by Gasteiger charge is -2.36. The highest BCUT2D eigenvalue weighted by molar-refractivity contribution is 5.78. The van der Waals surface area contributed by atoms with Crippen molar-refractivity contribution in [2.24, 2.45) is 0 Å². The van der Waals surface area contributed by atoms with Gasteiger partial charge in [0.05, 0.1) is 6.61 Å². The normalized spacial score (nSPS) is 23.2. The molecule has 3 atom stereocenters. The average Bonchev–Trinajstić information content (AvgIpc) is 3.41. The number of carbonyl (C=O) groups is 1. The smallest absolute Gasteiger partial charge is 0.338 e. The molecule has 0 N–H and O–H groups in total. The van der Waals surface area contributed by atoms with Crippen LogP contribution in [-0.4, -0.2) is 37.7 Å². The summed E-state index contributed by atoms with van der Waals surface area (Å²) in [6, 6.07) is 30.3. The van der Waals surface area contributed by atoms with E-state index in [-0.39, 0.29) is 13.4 Å². The number of hydrogen-bond acceptors (Lipinski definition) is 5. The maximum atomic E-state index is 12.1. The predicted octanol–water partition coefficient (Wildman–Crippen LogP) is 3.66. The number of hydrogen-bond donors (Lipinski definition) is 0. The second-order valence-corrected chi connectivity index (χ2v) is 7.40. The van der Waals surface area contributed by atoms with Gasteiger partial charge in [-0.1, -0.05) is 91.0 Å². The van der Waals surface area contributed by atoms with Crippen molar-refractivity contribution in [3.63, 3.8) is 0 Å². The fourth-order valence-electron chi connectivity index (χ4n) is 4.27. The van der Waals surface area contributed by atoms with E-state index in [4.69, 9.17) is 18.9 Å². The fourth-order valence-corrected chi connectivity index (χ4v) is 4.27. The van der Waals surface area contributed by atoms with Crippen LogP contribution < -0.4 is 0 Å². The Hall–Kier alpha value is -2.99. The van der Waals surface area contributed by atoms with Crippen LogP contribution in [0.4, 0.5) is 0 Å². The lowest BCUT2D eigenvalue weighted by Crippen LogP contribution is -2.39. The van der Waals surface area contributed by atoms with Crippen LogP contribution >= 0.6 is 0 Å². The monoisotopic (exact) mass is 402 g/mol. The van der Waals surface area contributed by atoms with Gasteiger partial charge in [0.2, 0.25) is 0 Å². The van der Waals surface area contributed by atoms with Gasteiger partial charge in [-0.25, -0.2) is 4.79 Å². The molecule has 2 aliphatic heterocycles. The maximum Gasteiger partial charge on any atom is 0.338 e. The minimum atomic E-state index is -0.867. The predicted molar refractivity (Wildman–Crippen MR) is 110 cm³/mol. The van der Waals surface area contributed by atoms with Crippen molar-refractivity contribution in [1.29, 1.82) is 0 Å². The van der Waals surface area contributed by atoms with Crippen molar-refractivity contribution in [2.75, 3.05) is 13.4 Å². The topological polar surface area (TPSA) is 54.0 Å². The van der Waals surface area contributed by atoms with Crippen molar-refractivity contribution in [3.05, 3.63) is 108 Å². The molecule has 5 nitrogen and oxygen atoms in total. The molecule has 2 heterocycles. The summed E-state index contributed by atoms with van der Waals surface area (Å²) in [6.45, 7) is 0.275. The van der Waals surface area contributed by atoms with Gasteiger partial charge in [0, 0.05) is 0 Å². The quantitative estimate of drug-likeness (QED) is 0.465. The number of rotatable bonds is 6. The van der Waals surface area contributed by atoms with Crippen LogP contribution in [0.2, 0.25) is 0 Å². The van der Waals surface area contributed by atoms with E-state index in [2.05, 4.69) is 36.4 Å². The highest BCUT2D eigenvalue weighted by Gasteiger charge is 2.51. The molecule has 0 saturated carbocycles. The molecule has 0 unspecified atom stereocenters. The van der Waals surface area contributed by atoms with Crippen molar-refractivity contribution < 1.29 is 23.7 Å². The summed E-state index contributed by atoms with van der Waals surface area (Å²) in [5.74, 6) is -0.393. The van der Waals surface area contributed by atoms with Gasteiger partial charge in [0.1, 0.15) is 18.5 Å². The van der Waals surface area contributed by atoms with Gasteiger partial charge in [0.25, 0.3) is 0 Å². The zero-order valence-electron chi connectivity index (χ0n) is 16.3. The van der Waals surface area contributed by atoms with Crippen molar-refractivity contribution in [3.8, 4) is 0 Å². The van der Waals surface area contributed by atoms with Gasteiger partial charge < -0.3 is 18.9 Å². The molecule has 2 fully saturated rings. The zero-order chi connectivity index (χ0) is 20.4. The van der Waals surface area contributed by atoms with E-state index < -0.39 is 29.9 Å². The Kier molecular flexibility index (Phi) is 5.09. The van der Waals surface area contributed by atoms with Crippen molar-refractivity contribution in [2.45, 2.75) is 23.9 Å². The molecule has 3 aromatic rings. The molecule has 30 heavy (non-hydrogen) atoms. The number of ether oxygens (including phenoxy) is 4. The van der Waals surface area contributed by atoms with Crippen LogP contribution in [0.3, 0.4) is 0 Å². The first kappa shape index (κ1) is 19.0. The summed E-state index contributed by atoms with van der Waals surface area (Å²) in [5.41, 5.74) is 2.11. The number of fused-ring (bicyclic) bond motifs is 1. The Balaban J connectivity index is 1.58. The molecule has 0 spiro atoms. The lowest BCUT2D eigenvalue weighted by molar-refractivity contribution is -0.157. The molecule has 0 amide bonds. The maximum absolute atomic E-state index is 12.1. The highest BCUT2D eigenvalue weighted by atomic mass is 16.8. The van der Waals surface area contributed by atoms with E-state index in [0.717, 1.165) is 16.7 Å². The van der Waals surface area contributed by atoms with Crippen LogP contribution in [0.25, 0.3) is 0 Å². The Labute approximate surface area is 175 Å². The summed E-state index contributed by atoms with van der Waals surface area (Å²) in [4.78, 5) is 12.1. The number of benzene rings is 3. The number of esters is 1. The summed E-state index contributed by atoms with van der Waals surface area (Å²) in [6.07, 6.45) is -1.64. The van der Waals surface area contributed by atoms with E-state index in [1.165, 1.54) is 0 Å². The zero-order valence-corrected chi connectivity index (χ0v) is 16.3. The molecule has 2 aliphatic rings. The van der Waals surface area contributed by atoms with Gasteiger partial charge in [-0.2, -0.15) is 0 Å². The molecule has 3 aromatic carbocycles. The first-order valence-electron chi connectivity index (χ1n) is 10.0. The van der Waals surface area contributed by atoms with Crippen molar-refractivity contribution >= 4 is 5.97 Å². The average molecular weight is 402 g/mol. The molecule has 5 rings (SSSR count). The standard InChI is InChI=1S/C25H22O5/c26-24-23-22(27-17-28-23)21(30-24)16-29-25(18-10-4-1-5-11-18,19-12-6-2-7-13-19)20-14-8-3-9-15-20/h1-15,21-23H,16-17H2/t21-,22-,23-/m1/s1. The van der Waals surface area contributed by atoms with Gasteiger partial charge in [-0.3, -0.25) is 0 Å². The molecule has 0 aliphatic carbocycles. The summed E-state index contributed by atoms with van der Waals surface area (Å²) in [7, 11) is 0. The molecule has 0 radical (unpaired) electrons. The number of cyclic esters (lactones) is 1. The molecule has 0 bridgehead atoms. The van der Waals surface area contributed by atoms with Gasteiger partial charge in [0.15, 0.2) is 12.2 Å². The molecule has 0 aromatic heterocycles. The van der Waals surface area contributed by atoms with Crippen molar-refractivity contribution in [1.82, 2.24) is 0 Å². The summed E-state index contributed by atoms with van der Waals surface area (Å²) < 4.78 is 23.2. The van der Waals surface area contributed by atoms with Gasteiger partial charge in [-0.05, 0) is 16.7 Å². The Bertz CT molecular complexity index is 893. The molecular weight excluding hydrogens is 380 g/mol. The molecule has 5 heteroatoms. The summed E-state index contributed by atoms with van der Waals surface area (Å²) >= 11 is 0. The fraction of sp³-hybridized carbons (Fsp3) is 0.240. The van der Waals surface area contributed by atoms with Gasteiger partial charge in [-0.15, -0.1) is 0 Å². The molecule has 152 valence electrons. The van der Waals surface area contributed by atoms with Crippen LogP contribution in [0.15, 0.2) is 91.0 Å². The van der Waals surface area contributed by atoms with E-state index in [1.54, 1.807) is 0 Å². The lowest BCUT2D eigenvalue weighted by atomic mass is 9.80. The van der Waals surface area contributed by atoms with E-state index >= 15 is 0 Å². The third-order valence-electron chi connectivity index (χ3n) is 5.68. The van der Waals surface area contributed by atoms with Crippen LogP contribution in [0.5, 0.6) is 0 Å². The minimum absolute atomic E-state index is 0.0993. The van der Waals surface area contributed by atoms with Crippen LogP contribution in [-0.2, 0) is 29.3 Å². The van der Waals surface area contributed by atoms with Gasteiger partial charge >= 0.3 is 5.97 Å².